The second-order valence-electron chi connectivity index (χ2n) is 9.11. The molecule has 1 aliphatic heterocycles. The van der Waals surface area contributed by atoms with E-state index in [1.54, 1.807) is 7.11 Å². The van der Waals surface area contributed by atoms with Gasteiger partial charge in [0.1, 0.15) is 5.70 Å². The fourth-order valence-corrected chi connectivity index (χ4v) is 3.62. The number of rotatable bonds is 7. The predicted molar refractivity (Wildman–Crippen MR) is 125 cm³/mol. The zero-order valence-corrected chi connectivity index (χ0v) is 19.3. The second kappa shape index (κ2) is 9.06. The molecule has 0 saturated carbocycles. The molecule has 2 aromatic rings. The first-order chi connectivity index (χ1) is 14.6. The van der Waals surface area contributed by atoms with Gasteiger partial charge in [0.25, 0.3) is 11.8 Å². The number of imide groups is 1. The molecule has 0 atom stereocenters. The minimum absolute atomic E-state index is 0.0413. The van der Waals surface area contributed by atoms with Gasteiger partial charge in [0.15, 0.2) is 0 Å². The highest BCUT2D eigenvalue weighted by Crippen LogP contribution is 2.32. The van der Waals surface area contributed by atoms with E-state index in [0.29, 0.717) is 30.8 Å². The number of methoxy groups -OCH3 is 1. The van der Waals surface area contributed by atoms with E-state index in [1.807, 2.05) is 44.2 Å². The SMILES string of the molecule is COCCCN1C(=O)C(Nc2ccc(C(C)(C)C)cc2)=C(c2ccc(C)c(C)c2)C1=O. The Hall–Kier alpha value is -2.92. The van der Waals surface area contributed by atoms with Crippen molar-refractivity contribution in [2.45, 2.75) is 46.5 Å². The maximum Gasteiger partial charge on any atom is 0.278 e. The van der Waals surface area contributed by atoms with E-state index in [0.717, 1.165) is 22.4 Å². The number of anilines is 1. The van der Waals surface area contributed by atoms with Crippen molar-refractivity contribution in [2.75, 3.05) is 25.6 Å². The summed E-state index contributed by atoms with van der Waals surface area (Å²) in [7, 11) is 1.61. The first-order valence-electron chi connectivity index (χ1n) is 10.7. The van der Waals surface area contributed by atoms with E-state index in [-0.39, 0.29) is 17.2 Å². The summed E-state index contributed by atoms with van der Waals surface area (Å²) in [4.78, 5) is 27.8. The number of hydrogen-bond acceptors (Lipinski definition) is 4. The Bertz CT molecular complexity index is 1010. The molecular formula is C26H32N2O3. The topological polar surface area (TPSA) is 58.6 Å². The Morgan fingerprint density at radius 2 is 1.61 bits per heavy atom. The van der Waals surface area contributed by atoms with Crippen molar-refractivity contribution < 1.29 is 14.3 Å². The van der Waals surface area contributed by atoms with Crippen molar-refractivity contribution in [1.29, 1.82) is 0 Å². The van der Waals surface area contributed by atoms with Gasteiger partial charge < -0.3 is 10.1 Å². The number of hydrogen-bond donors (Lipinski definition) is 1. The predicted octanol–water partition coefficient (Wildman–Crippen LogP) is 4.83. The Morgan fingerprint density at radius 3 is 2.19 bits per heavy atom. The molecule has 0 radical (unpaired) electrons. The molecule has 5 heteroatoms. The van der Waals surface area contributed by atoms with Gasteiger partial charge in [-0.3, -0.25) is 14.5 Å². The molecule has 1 N–H and O–H groups in total. The lowest BCUT2D eigenvalue weighted by Gasteiger charge is -2.19. The van der Waals surface area contributed by atoms with Gasteiger partial charge >= 0.3 is 0 Å². The van der Waals surface area contributed by atoms with Crippen LogP contribution in [0.2, 0.25) is 0 Å². The summed E-state index contributed by atoms with van der Waals surface area (Å²) in [5.74, 6) is -0.563. The molecule has 1 heterocycles. The van der Waals surface area contributed by atoms with E-state index in [1.165, 1.54) is 10.5 Å². The van der Waals surface area contributed by atoms with Gasteiger partial charge in [-0.25, -0.2) is 0 Å². The van der Waals surface area contributed by atoms with Crippen LogP contribution >= 0.6 is 0 Å². The summed E-state index contributed by atoms with van der Waals surface area (Å²) >= 11 is 0. The monoisotopic (exact) mass is 420 g/mol. The average Bonchev–Trinajstić information content (AvgIpc) is 2.94. The highest BCUT2D eigenvalue weighted by Gasteiger charge is 2.39. The first-order valence-corrected chi connectivity index (χ1v) is 10.7. The summed E-state index contributed by atoms with van der Waals surface area (Å²) < 4.78 is 5.10. The Labute approximate surface area is 185 Å². The molecule has 0 fully saturated rings. The van der Waals surface area contributed by atoms with Crippen molar-refractivity contribution in [3.8, 4) is 0 Å². The summed E-state index contributed by atoms with van der Waals surface area (Å²) in [5.41, 5.74) is 5.76. The lowest BCUT2D eigenvalue weighted by atomic mass is 9.87. The third-order valence-electron chi connectivity index (χ3n) is 5.71. The molecule has 2 aromatic carbocycles. The number of carbonyl (C=O) groups is 2. The minimum atomic E-state index is -0.297. The van der Waals surface area contributed by atoms with Crippen LogP contribution in [-0.2, 0) is 19.7 Å². The van der Waals surface area contributed by atoms with Crippen LogP contribution in [0.15, 0.2) is 48.2 Å². The number of aryl methyl sites for hydroxylation is 2. The maximum absolute atomic E-state index is 13.3. The van der Waals surface area contributed by atoms with E-state index in [2.05, 4.69) is 38.2 Å². The minimum Gasteiger partial charge on any atom is -0.385 e. The van der Waals surface area contributed by atoms with Crippen molar-refractivity contribution in [2.24, 2.45) is 0 Å². The fourth-order valence-electron chi connectivity index (χ4n) is 3.62. The van der Waals surface area contributed by atoms with Gasteiger partial charge in [0, 0.05) is 25.9 Å². The fraction of sp³-hybridized carbons (Fsp3) is 0.385. The zero-order valence-electron chi connectivity index (χ0n) is 19.3. The van der Waals surface area contributed by atoms with E-state index < -0.39 is 0 Å². The lowest BCUT2D eigenvalue weighted by molar-refractivity contribution is -0.136. The van der Waals surface area contributed by atoms with Gasteiger partial charge in [0.05, 0.1) is 5.57 Å². The number of amides is 2. The smallest absolute Gasteiger partial charge is 0.278 e. The maximum atomic E-state index is 13.3. The van der Waals surface area contributed by atoms with Crippen LogP contribution in [0.4, 0.5) is 5.69 Å². The second-order valence-corrected chi connectivity index (χ2v) is 9.11. The average molecular weight is 421 g/mol. The van der Waals surface area contributed by atoms with Crippen LogP contribution in [0.25, 0.3) is 5.57 Å². The Kier molecular flexibility index (Phi) is 6.65. The van der Waals surface area contributed by atoms with Crippen LogP contribution < -0.4 is 5.32 Å². The molecule has 0 unspecified atom stereocenters. The van der Waals surface area contributed by atoms with E-state index >= 15 is 0 Å². The zero-order chi connectivity index (χ0) is 22.8. The molecule has 3 rings (SSSR count). The molecule has 0 spiro atoms. The molecule has 164 valence electrons. The Balaban J connectivity index is 1.99. The highest BCUT2D eigenvalue weighted by atomic mass is 16.5. The van der Waals surface area contributed by atoms with Crippen molar-refractivity contribution in [3.05, 3.63) is 70.4 Å². The standard InChI is InChI=1S/C26H32N2O3/c1-17-8-9-19(16-18(17)2)22-23(25(30)28(24(22)29)14-7-15-31-6)27-21-12-10-20(11-13-21)26(3,4)5/h8-13,16,27H,7,14-15H2,1-6H3. The third kappa shape index (κ3) is 4.88. The normalized spacial score (nSPS) is 14.6. The number of nitrogens with zero attached hydrogens (tertiary/aromatic N) is 1. The van der Waals surface area contributed by atoms with Crippen molar-refractivity contribution in [3.63, 3.8) is 0 Å². The number of benzene rings is 2. The van der Waals surface area contributed by atoms with Crippen LogP contribution in [0.1, 0.15) is 49.4 Å². The Morgan fingerprint density at radius 1 is 0.935 bits per heavy atom. The van der Waals surface area contributed by atoms with Gasteiger partial charge in [0.2, 0.25) is 0 Å². The van der Waals surface area contributed by atoms with Crippen LogP contribution in [0, 0.1) is 13.8 Å². The van der Waals surface area contributed by atoms with Crippen molar-refractivity contribution >= 4 is 23.1 Å². The summed E-state index contributed by atoms with van der Waals surface area (Å²) in [6.45, 7) is 11.3. The molecule has 0 aromatic heterocycles. The molecule has 5 nitrogen and oxygen atoms in total. The van der Waals surface area contributed by atoms with Crippen molar-refractivity contribution in [1.82, 2.24) is 4.90 Å². The number of ether oxygens (including phenoxy) is 1. The number of carbonyl (C=O) groups excluding carboxylic acids is 2. The number of nitrogens with one attached hydrogen (secondary N) is 1. The molecular weight excluding hydrogens is 388 g/mol. The molecule has 0 saturated heterocycles. The molecule has 0 bridgehead atoms. The highest BCUT2D eigenvalue weighted by molar-refractivity contribution is 6.36. The third-order valence-corrected chi connectivity index (χ3v) is 5.71. The molecule has 31 heavy (non-hydrogen) atoms. The quantitative estimate of drug-likeness (QED) is 0.515. The van der Waals surface area contributed by atoms with Gasteiger partial charge in [-0.15, -0.1) is 0 Å². The van der Waals surface area contributed by atoms with Gasteiger partial charge in [-0.1, -0.05) is 51.1 Å². The molecule has 1 aliphatic rings. The van der Waals surface area contributed by atoms with Crippen LogP contribution in [0.5, 0.6) is 0 Å². The van der Waals surface area contributed by atoms with Gasteiger partial charge in [-0.2, -0.15) is 0 Å². The lowest BCUT2D eigenvalue weighted by Crippen LogP contribution is -2.33. The summed E-state index contributed by atoms with van der Waals surface area (Å²) in [6.07, 6.45) is 0.599. The molecule has 0 aliphatic carbocycles. The van der Waals surface area contributed by atoms with E-state index in [9.17, 15) is 9.59 Å². The van der Waals surface area contributed by atoms with Crippen LogP contribution in [-0.4, -0.2) is 37.0 Å². The molecule has 2 amide bonds. The first kappa shape index (κ1) is 22.8. The van der Waals surface area contributed by atoms with Crippen LogP contribution in [0.3, 0.4) is 0 Å². The van der Waals surface area contributed by atoms with Gasteiger partial charge in [-0.05, 0) is 60.1 Å². The summed E-state index contributed by atoms with van der Waals surface area (Å²) in [6, 6.07) is 13.9. The largest absolute Gasteiger partial charge is 0.385 e. The summed E-state index contributed by atoms with van der Waals surface area (Å²) in [5, 5.41) is 3.24. The van der Waals surface area contributed by atoms with E-state index in [4.69, 9.17) is 4.74 Å².